The van der Waals surface area contributed by atoms with E-state index in [0.717, 1.165) is 0 Å². The van der Waals surface area contributed by atoms with E-state index in [-0.39, 0.29) is 22.9 Å². The van der Waals surface area contributed by atoms with E-state index in [1.165, 1.54) is 0 Å². The topological polar surface area (TPSA) is 38.7 Å². The van der Waals surface area contributed by atoms with Crippen molar-refractivity contribution in [3.05, 3.63) is 12.7 Å². The number of aliphatic hydroxyl groups excluding tert-OH is 1. The van der Waals surface area contributed by atoms with E-state index in [1.807, 2.05) is 0 Å². The summed E-state index contributed by atoms with van der Waals surface area (Å²) in [4.78, 5) is 0. The zero-order chi connectivity index (χ0) is 8.27. The molecule has 1 N–H and O–H groups in total. The lowest BCUT2D eigenvalue weighted by Crippen LogP contribution is -2.21. The predicted octanol–water partition coefficient (Wildman–Crippen LogP) is 0.710. The highest BCUT2D eigenvalue weighted by atomic mass is 127. The minimum atomic E-state index is -0.231. The quantitative estimate of drug-likeness (QED) is 0.466. The highest BCUT2D eigenvalue weighted by Crippen LogP contribution is 2.20. The summed E-state index contributed by atoms with van der Waals surface area (Å²) < 4.78 is 10.7. The summed E-state index contributed by atoms with van der Waals surface area (Å²) in [5, 5.41) is 8.71. The van der Waals surface area contributed by atoms with E-state index < -0.39 is 0 Å². The van der Waals surface area contributed by atoms with Crippen LogP contribution in [0.4, 0.5) is 0 Å². The summed E-state index contributed by atoms with van der Waals surface area (Å²) in [5.74, 6) is 0. The van der Waals surface area contributed by atoms with Crippen LogP contribution in [0.15, 0.2) is 12.7 Å². The standard InChI is InChI=1S/C7H11IO3/c1-2-6(8)7-10-4-5(3-9)11-7/h2,5-7,9H,1,3-4H2. The molecule has 3 nitrogen and oxygen atoms in total. The molecule has 0 aromatic heterocycles. The molecule has 0 bridgehead atoms. The third-order valence-corrected chi connectivity index (χ3v) is 2.56. The molecule has 0 amide bonds. The number of aliphatic hydroxyl groups is 1. The number of hydrogen-bond donors (Lipinski definition) is 1. The molecule has 0 spiro atoms. The van der Waals surface area contributed by atoms with Gasteiger partial charge in [-0.2, -0.15) is 0 Å². The summed E-state index contributed by atoms with van der Waals surface area (Å²) in [6.45, 7) is 4.13. The molecular formula is C7H11IO3. The van der Waals surface area contributed by atoms with Gasteiger partial charge in [-0.05, 0) is 0 Å². The molecule has 1 aliphatic rings. The molecule has 0 aromatic carbocycles. The fourth-order valence-corrected chi connectivity index (χ4v) is 1.22. The van der Waals surface area contributed by atoms with Crippen molar-refractivity contribution < 1.29 is 14.6 Å². The maximum absolute atomic E-state index is 8.71. The van der Waals surface area contributed by atoms with Crippen molar-refractivity contribution in [2.45, 2.75) is 16.3 Å². The SMILES string of the molecule is C=CC(I)C1OCC(CO)O1. The van der Waals surface area contributed by atoms with Crippen molar-refractivity contribution in [1.29, 1.82) is 0 Å². The molecule has 1 aliphatic heterocycles. The second-order valence-corrected chi connectivity index (χ2v) is 3.76. The minimum Gasteiger partial charge on any atom is -0.394 e. The molecule has 0 aromatic rings. The van der Waals surface area contributed by atoms with Crippen molar-refractivity contribution in [2.24, 2.45) is 0 Å². The van der Waals surface area contributed by atoms with Gasteiger partial charge in [0.05, 0.1) is 17.1 Å². The van der Waals surface area contributed by atoms with Gasteiger partial charge in [-0.3, -0.25) is 0 Å². The van der Waals surface area contributed by atoms with Gasteiger partial charge >= 0.3 is 0 Å². The van der Waals surface area contributed by atoms with Gasteiger partial charge in [0.1, 0.15) is 6.10 Å². The van der Waals surface area contributed by atoms with E-state index in [1.54, 1.807) is 6.08 Å². The Morgan fingerprint density at radius 2 is 2.55 bits per heavy atom. The number of halogens is 1. The first-order valence-corrected chi connectivity index (χ1v) is 4.67. The lowest BCUT2D eigenvalue weighted by Gasteiger charge is -2.12. The molecule has 11 heavy (non-hydrogen) atoms. The van der Waals surface area contributed by atoms with Gasteiger partial charge in [0.15, 0.2) is 6.29 Å². The summed E-state index contributed by atoms with van der Waals surface area (Å²) in [5.41, 5.74) is 0. The Morgan fingerprint density at radius 1 is 1.82 bits per heavy atom. The third-order valence-electron chi connectivity index (χ3n) is 1.46. The number of alkyl halides is 1. The van der Waals surface area contributed by atoms with Crippen molar-refractivity contribution in [3.63, 3.8) is 0 Å². The van der Waals surface area contributed by atoms with E-state index in [2.05, 4.69) is 29.2 Å². The van der Waals surface area contributed by atoms with Crippen LogP contribution >= 0.6 is 22.6 Å². The van der Waals surface area contributed by atoms with Crippen LogP contribution < -0.4 is 0 Å². The summed E-state index contributed by atoms with van der Waals surface area (Å²) in [7, 11) is 0. The molecule has 1 rings (SSSR count). The van der Waals surface area contributed by atoms with Gasteiger partial charge in [-0.1, -0.05) is 28.7 Å². The summed E-state index contributed by atoms with van der Waals surface area (Å²) >= 11 is 2.18. The van der Waals surface area contributed by atoms with Crippen LogP contribution in [0, 0.1) is 0 Å². The maximum Gasteiger partial charge on any atom is 0.173 e. The van der Waals surface area contributed by atoms with Crippen molar-refractivity contribution in [1.82, 2.24) is 0 Å². The molecule has 3 atom stereocenters. The van der Waals surface area contributed by atoms with Crippen LogP contribution in [0.5, 0.6) is 0 Å². The van der Waals surface area contributed by atoms with Gasteiger partial charge in [0, 0.05) is 0 Å². The molecule has 3 unspecified atom stereocenters. The average Bonchev–Trinajstić information content (AvgIpc) is 2.50. The van der Waals surface area contributed by atoms with Crippen LogP contribution in [0.25, 0.3) is 0 Å². The first-order valence-electron chi connectivity index (χ1n) is 3.42. The van der Waals surface area contributed by atoms with Gasteiger partial charge in [-0.15, -0.1) is 6.58 Å². The van der Waals surface area contributed by atoms with E-state index in [0.29, 0.717) is 6.61 Å². The van der Waals surface area contributed by atoms with Crippen LogP contribution in [0.1, 0.15) is 0 Å². The molecule has 1 fully saturated rings. The lowest BCUT2D eigenvalue weighted by atomic mass is 10.4. The lowest BCUT2D eigenvalue weighted by molar-refractivity contribution is -0.0553. The second kappa shape index (κ2) is 4.39. The van der Waals surface area contributed by atoms with Crippen molar-refractivity contribution >= 4 is 22.6 Å². The number of rotatable bonds is 3. The van der Waals surface area contributed by atoms with E-state index >= 15 is 0 Å². The highest BCUT2D eigenvalue weighted by Gasteiger charge is 2.28. The van der Waals surface area contributed by atoms with Crippen molar-refractivity contribution in [3.8, 4) is 0 Å². The summed E-state index contributed by atoms with van der Waals surface area (Å²) in [6.07, 6.45) is 1.38. The maximum atomic E-state index is 8.71. The van der Waals surface area contributed by atoms with Gasteiger partial charge < -0.3 is 14.6 Å². The molecule has 1 heterocycles. The molecular weight excluding hydrogens is 259 g/mol. The minimum absolute atomic E-state index is 0.0248. The largest absolute Gasteiger partial charge is 0.394 e. The number of hydrogen-bond acceptors (Lipinski definition) is 3. The molecule has 64 valence electrons. The smallest absolute Gasteiger partial charge is 0.173 e. The Balaban J connectivity index is 2.34. The highest BCUT2D eigenvalue weighted by molar-refractivity contribution is 14.1. The van der Waals surface area contributed by atoms with Gasteiger partial charge in [0.25, 0.3) is 0 Å². The Bertz CT molecular complexity index is 140. The van der Waals surface area contributed by atoms with E-state index in [4.69, 9.17) is 14.6 Å². The fraction of sp³-hybridized carbons (Fsp3) is 0.714. The molecule has 0 saturated carbocycles. The van der Waals surface area contributed by atoms with Gasteiger partial charge in [0.2, 0.25) is 0 Å². The zero-order valence-electron chi connectivity index (χ0n) is 6.07. The van der Waals surface area contributed by atoms with Crippen LogP contribution in [-0.2, 0) is 9.47 Å². The Hall–Kier alpha value is 0.350. The second-order valence-electron chi connectivity index (χ2n) is 2.32. The molecule has 0 aliphatic carbocycles. The number of ether oxygens (including phenoxy) is 2. The Labute approximate surface area is 79.5 Å². The normalized spacial score (nSPS) is 33.6. The monoisotopic (exact) mass is 270 g/mol. The third kappa shape index (κ3) is 2.40. The van der Waals surface area contributed by atoms with Crippen LogP contribution in [-0.4, -0.2) is 34.6 Å². The Kier molecular flexibility index (Phi) is 3.77. The van der Waals surface area contributed by atoms with Crippen molar-refractivity contribution in [2.75, 3.05) is 13.2 Å². The Morgan fingerprint density at radius 3 is 3.00 bits per heavy atom. The molecule has 0 radical (unpaired) electrons. The fourth-order valence-electron chi connectivity index (χ4n) is 0.844. The van der Waals surface area contributed by atoms with Crippen LogP contribution in [0.3, 0.4) is 0 Å². The summed E-state index contributed by atoms with van der Waals surface area (Å²) in [6, 6.07) is 0. The van der Waals surface area contributed by atoms with E-state index in [9.17, 15) is 0 Å². The van der Waals surface area contributed by atoms with Gasteiger partial charge in [-0.25, -0.2) is 0 Å². The zero-order valence-corrected chi connectivity index (χ0v) is 8.23. The first kappa shape index (κ1) is 9.44. The van der Waals surface area contributed by atoms with Crippen LogP contribution in [0.2, 0.25) is 0 Å². The average molecular weight is 270 g/mol. The predicted molar refractivity (Wildman–Crippen MR) is 49.7 cm³/mol. The first-order chi connectivity index (χ1) is 5.27. The molecule has 1 saturated heterocycles. The molecule has 4 heteroatoms.